The molecule has 0 bridgehead atoms. The normalized spacial score (nSPS) is 20.6. The molecule has 1 fully saturated rings. The molecule has 1 aliphatic rings. The van der Waals surface area contributed by atoms with Gasteiger partial charge in [0.05, 0.1) is 6.10 Å². The quantitative estimate of drug-likeness (QED) is 0.586. The highest BCUT2D eigenvalue weighted by Gasteiger charge is 2.48. The van der Waals surface area contributed by atoms with Crippen LogP contribution in [0.2, 0.25) is 0 Å². The first-order chi connectivity index (χ1) is 8.12. The molecule has 0 amide bonds. The van der Waals surface area contributed by atoms with Crippen LogP contribution in [-0.2, 0) is 14.3 Å². The lowest BCUT2D eigenvalue weighted by molar-refractivity contribution is -0.0594. The number of hydrogen-bond donors (Lipinski definition) is 0. The fourth-order valence-electron chi connectivity index (χ4n) is 1.94. The van der Waals surface area contributed by atoms with Gasteiger partial charge in [-0.25, -0.2) is 0 Å². The Hall–Kier alpha value is -0.340. The van der Waals surface area contributed by atoms with E-state index in [9.17, 15) is 21.6 Å². The van der Waals surface area contributed by atoms with Gasteiger partial charge in [-0.2, -0.15) is 21.6 Å². The molecule has 0 aromatic heterocycles. The van der Waals surface area contributed by atoms with Crippen molar-refractivity contribution in [3.8, 4) is 0 Å². The van der Waals surface area contributed by atoms with Crippen molar-refractivity contribution in [1.29, 1.82) is 0 Å². The summed E-state index contributed by atoms with van der Waals surface area (Å²) in [7, 11) is -5.46. The Morgan fingerprint density at radius 3 is 2.17 bits per heavy atom. The van der Waals surface area contributed by atoms with Crippen LogP contribution in [0.5, 0.6) is 0 Å². The molecular formula is C10H18F3NO3S. The van der Waals surface area contributed by atoms with Crippen molar-refractivity contribution in [2.24, 2.45) is 5.92 Å². The van der Waals surface area contributed by atoms with Crippen LogP contribution in [-0.4, -0.2) is 44.6 Å². The van der Waals surface area contributed by atoms with E-state index in [1.54, 1.807) is 0 Å². The summed E-state index contributed by atoms with van der Waals surface area (Å²) in [5.74, 6) is 0.473. The second-order valence-corrected chi connectivity index (χ2v) is 6.45. The first-order valence-corrected chi connectivity index (χ1v) is 7.24. The zero-order chi connectivity index (χ0) is 14.0. The average Bonchev–Trinajstić information content (AvgIpc) is 2.18. The van der Waals surface area contributed by atoms with Crippen molar-refractivity contribution in [3.63, 3.8) is 0 Å². The van der Waals surface area contributed by atoms with Crippen LogP contribution in [0.3, 0.4) is 0 Å². The van der Waals surface area contributed by atoms with E-state index in [0.717, 1.165) is 6.54 Å². The molecule has 1 aliphatic heterocycles. The fraction of sp³-hybridized carbons (Fsp3) is 1.00. The minimum atomic E-state index is -5.46. The number of hydrogen-bond acceptors (Lipinski definition) is 4. The van der Waals surface area contributed by atoms with Gasteiger partial charge < -0.3 is 4.90 Å². The van der Waals surface area contributed by atoms with Gasteiger partial charge in [-0.3, -0.25) is 4.18 Å². The molecule has 18 heavy (non-hydrogen) atoms. The maximum Gasteiger partial charge on any atom is 0.523 e. The fourth-order valence-corrected chi connectivity index (χ4v) is 2.60. The zero-order valence-corrected chi connectivity index (χ0v) is 11.2. The summed E-state index contributed by atoms with van der Waals surface area (Å²) in [4.78, 5) is 2.10. The average molecular weight is 289 g/mol. The maximum atomic E-state index is 12.1. The maximum absolute atomic E-state index is 12.1. The predicted molar refractivity (Wildman–Crippen MR) is 60.4 cm³/mol. The van der Waals surface area contributed by atoms with Crippen LogP contribution in [0.4, 0.5) is 13.2 Å². The zero-order valence-electron chi connectivity index (χ0n) is 10.4. The van der Waals surface area contributed by atoms with E-state index in [4.69, 9.17) is 0 Å². The number of alkyl halides is 3. The number of likely N-dealkylation sites (tertiary alicyclic amines) is 1. The van der Waals surface area contributed by atoms with Crippen molar-refractivity contribution >= 4 is 10.1 Å². The highest BCUT2D eigenvalue weighted by Crippen LogP contribution is 2.28. The highest BCUT2D eigenvalue weighted by atomic mass is 32.2. The van der Waals surface area contributed by atoms with Gasteiger partial charge in [0, 0.05) is 19.6 Å². The van der Waals surface area contributed by atoms with Crippen LogP contribution in [0.1, 0.15) is 26.7 Å². The lowest BCUT2D eigenvalue weighted by atomic mass is 10.1. The van der Waals surface area contributed by atoms with E-state index in [1.165, 1.54) is 0 Å². The van der Waals surface area contributed by atoms with Gasteiger partial charge in [-0.05, 0) is 18.8 Å². The van der Waals surface area contributed by atoms with Gasteiger partial charge in [-0.1, -0.05) is 13.8 Å². The number of halogens is 3. The first kappa shape index (κ1) is 15.7. The summed E-state index contributed by atoms with van der Waals surface area (Å²) in [6.45, 7) is 6.10. The third kappa shape index (κ3) is 4.40. The molecule has 0 atom stereocenters. The molecule has 4 nitrogen and oxygen atoms in total. The van der Waals surface area contributed by atoms with Crippen molar-refractivity contribution in [3.05, 3.63) is 0 Å². The monoisotopic (exact) mass is 289 g/mol. The van der Waals surface area contributed by atoms with Crippen LogP contribution >= 0.6 is 0 Å². The summed E-state index contributed by atoms with van der Waals surface area (Å²) in [5.41, 5.74) is -5.33. The predicted octanol–water partition coefficient (Wildman–Crippen LogP) is 1.97. The van der Waals surface area contributed by atoms with Gasteiger partial charge in [0.25, 0.3) is 0 Å². The van der Waals surface area contributed by atoms with Crippen molar-refractivity contribution in [2.45, 2.75) is 38.3 Å². The SMILES string of the molecule is CC(C)CN1CCC(OS(=O)(=O)C(F)(F)F)CC1. The summed E-state index contributed by atoms with van der Waals surface area (Å²) in [6, 6.07) is 0. The Kier molecular flexibility index (Phi) is 5.02. The number of piperidine rings is 1. The standard InChI is InChI=1S/C10H18F3NO3S/c1-8(2)7-14-5-3-9(4-6-14)17-18(15,16)10(11,12)13/h8-9H,3-7H2,1-2H3. The van der Waals surface area contributed by atoms with E-state index in [2.05, 4.69) is 22.9 Å². The second kappa shape index (κ2) is 5.75. The van der Waals surface area contributed by atoms with Crippen LogP contribution in [0.25, 0.3) is 0 Å². The summed E-state index contributed by atoms with van der Waals surface area (Å²) < 4.78 is 62.2. The van der Waals surface area contributed by atoms with Crippen molar-refractivity contribution in [2.75, 3.05) is 19.6 Å². The van der Waals surface area contributed by atoms with E-state index in [1.807, 2.05) is 0 Å². The highest BCUT2D eigenvalue weighted by molar-refractivity contribution is 7.87. The Morgan fingerprint density at radius 1 is 1.28 bits per heavy atom. The molecule has 0 spiro atoms. The third-order valence-electron chi connectivity index (χ3n) is 2.70. The van der Waals surface area contributed by atoms with Crippen LogP contribution in [0.15, 0.2) is 0 Å². The van der Waals surface area contributed by atoms with E-state index < -0.39 is 21.7 Å². The van der Waals surface area contributed by atoms with Crippen LogP contribution < -0.4 is 0 Å². The molecule has 0 aliphatic carbocycles. The Bertz CT molecular complexity index is 359. The van der Waals surface area contributed by atoms with E-state index >= 15 is 0 Å². The molecule has 0 unspecified atom stereocenters. The van der Waals surface area contributed by atoms with Crippen LogP contribution in [0, 0.1) is 5.92 Å². The summed E-state index contributed by atoms with van der Waals surface area (Å²) >= 11 is 0. The minimum Gasteiger partial charge on any atom is -0.303 e. The van der Waals surface area contributed by atoms with E-state index in [0.29, 0.717) is 31.8 Å². The molecule has 0 aromatic carbocycles. The molecular weight excluding hydrogens is 271 g/mol. The minimum absolute atomic E-state index is 0.308. The summed E-state index contributed by atoms with van der Waals surface area (Å²) in [5, 5.41) is 0. The first-order valence-electron chi connectivity index (χ1n) is 5.83. The molecule has 1 heterocycles. The molecule has 1 rings (SSSR count). The van der Waals surface area contributed by atoms with Gasteiger partial charge >= 0.3 is 15.6 Å². The number of nitrogens with zero attached hydrogens (tertiary/aromatic N) is 1. The van der Waals surface area contributed by atoms with Gasteiger partial charge in [0.2, 0.25) is 0 Å². The smallest absolute Gasteiger partial charge is 0.303 e. The molecule has 0 radical (unpaired) electrons. The largest absolute Gasteiger partial charge is 0.523 e. The molecule has 0 saturated carbocycles. The lowest BCUT2D eigenvalue weighted by Crippen LogP contribution is -2.41. The number of rotatable bonds is 4. The van der Waals surface area contributed by atoms with E-state index in [-0.39, 0.29) is 0 Å². The van der Waals surface area contributed by atoms with Gasteiger partial charge in [-0.15, -0.1) is 0 Å². The summed E-state index contributed by atoms with van der Waals surface area (Å²) in [6.07, 6.45) is -0.246. The Balaban J connectivity index is 2.45. The van der Waals surface area contributed by atoms with Crippen molar-refractivity contribution in [1.82, 2.24) is 4.90 Å². The Morgan fingerprint density at radius 2 is 1.78 bits per heavy atom. The van der Waals surface area contributed by atoms with Gasteiger partial charge in [0.1, 0.15) is 0 Å². The topological polar surface area (TPSA) is 46.6 Å². The third-order valence-corrected chi connectivity index (χ3v) is 3.80. The molecule has 1 saturated heterocycles. The molecule has 108 valence electrons. The van der Waals surface area contributed by atoms with Gasteiger partial charge in [0.15, 0.2) is 0 Å². The lowest BCUT2D eigenvalue weighted by Gasteiger charge is -2.32. The second-order valence-electron chi connectivity index (χ2n) is 4.89. The molecule has 0 N–H and O–H groups in total. The molecule has 0 aromatic rings. The molecule has 8 heteroatoms. The Labute approximate surface area is 105 Å². The van der Waals surface area contributed by atoms with Crippen molar-refractivity contribution < 1.29 is 25.8 Å².